The van der Waals surface area contributed by atoms with Crippen LogP contribution >= 0.6 is 11.6 Å². The predicted octanol–water partition coefficient (Wildman–Crippen LogP) is 3.86. The van der Waals surface area contributed by atoms with Crippen molar-refractivity contribution < 1.29 is 9.18 Å². The SMILES string of the molecule is CC(C)NC(=O)c1c[nH]c2ncc(-c3nn(CCCN(C)C)c4cc(Cl)cc(F)c34)nc12. The number of amides is 1. The Hall–Kier alpha value is -3.04. The number of hydrogen-bond acceptors (Lipinski definition) is 5. The van der Waals surface area contributed by atoms with Gasteiger partial charge >= 0.3 is 0 Å². The molecule has 2 N–H and O–H groups in total. The minimum absolute atomic E-state index is 0.0238. The van der Waals surface area contributed by atoms with E-state index in [1.165, 1.54) is 12.3 Å². The smallest absolute Gasteiger partial charge is 0.255 e. The number of halogens is 2. The molecule has 0 spiro atoms. The first-order valence-corrected chi connectivity index (χ1v) is 10.8. The Morgan fingerprint density at radius 3 is 2.84 bits per heavy atom. The average Bonchev–Trinajstić information content (AvgIpc) is 3.28. The zero-order valence-corrected chi connectivity index (χ0v) is 19.2. The summed E-state index contributed by atoms with van der Waals surface area (Å²) in [5.74, 6) is -0.732. The summed E-state index contributed by atoms with van der Waals surface area (Å²) in [6.45, 7) is 5.22. The molecule has 0 radical (unpaired) electrons. The summed E-state index contributed by atoms with van der Waals surface area (Å²) in [5.41, 5.74) is 2.60. The number of aromatic nitrogens is 5. The Morgan fingerprint density at radius 1 is 1.34 bits per heavy atom. The summed E-state index contributed by atoms with van der Waals surface area (Å²) in [6, 6.07) is 2.95. The highest BCUT2D eigenvalue weighted by Gasteiger charge is 2.21. The van der Waals surface area contributed by atoms with Gasteiger partial charge in [-0.3, -0.25) is 9.48 Å². The maximum Gasteiger partial charge on any atom is 0.255 e. The van der Waals surface area contributed by atoms with Gasteiger partial charge in [-0.1, -0.05) is 11.6 Å². The number of fused-ring (bicyclic) bond motifs is 2. The van der Waals surface area contributed by atoms with Crippen LogP contribution in [0.4, 0.5) is 4.39 Å². The molecule has 3 aromatic heterocycles. The van der Waals surface area contributed by atoms with Crippen LogP contribution in [0.25, 0.3) is 33.5 Å². The van der Waals surface area contributed by atoms with Crippen LogP contribution in [0.5, 0.6) is 0 Å². The number of rotatable bonds is 7. The fourth-order valence-electron chi connectivity index (χ4n) is 3.63. The zero-order valence-electron chi connectivity index (χ0n) is 18.4. The van der Waals surface area contributed by atoms with Gasteiger partial charge in [0.05, 0.1) is 22.7 Å². The number of hydrogen-bond donors (Lipinski definition) is 2. The van der Waals surface area contributed by atoms with Crippen molar-refractivity contribution >= 4 is 39.6 Å². The third-order valence-corrected chi connectivity index (χ3v) is 5.25. The second-order valence-electron chi connectivity index (χ2n) is 8.29. The van der Waals surface area contributed by atoms with Gasteiger partial charge in [0, 0.05) is 23.8 Å². The molecule has 32 heavy (non-hydrogen) atoms. The predicted molar refractivity (Wildman–Crippen MR) is 123 cm³/mol. The summed E-state index contributed by atoms with van der Waals surface area (Å²) in [4.78, 5) is 26.6. The maximum atomic E-state index is 15.0. The fraction of sp³-hybridized carbons (Fsp3) is 0.364. The molecule has 0 aliphatic rings. The van der Waals surface area contributed by atoms with Crippen LogP contribution in [0, 0.1) is 5.82 Å². The van der Waals surface area contributed by atoms with Crippen LogP contribution in [0.2, 0.25) is 5.02 Å². The van der Waals surface area contributed by atoms with Crippen molar-refractivity contribution in [3.63, 3.8) is 0 Å². The number of nitrogens with zero attached hydrogens (tertiary/aromatic N) is 5. The van der Waals surface area contributed by atoms with Crippen LogP contribution in [0.1, 0.15) is 30.6 Å². The van der Waals surface area contributed by atoms with Crippen molar-refractivity contribution in [2.45, 2.75) is 32.9 Å². The Kier molecular flexibility index (Phi) is 6.12. The van der Waals surface area contributed by atoms with E-state index >= 15 is 0 Å². The van der Waals surface area contributed by atoms with E-state index in [0.29, 0.717) is 50.6 Å². The van der Waals surface area contributed by atoms with Gasteiger partial charge in [-0.25, -0.2) is 14.4 Å². The van der Waals surface area contributed by atoms with E-state index in [0.717, 1.165) is 13.0 Å². The van der Waals surface area contributed by atoms with E-state index in [1.54, 1.807) is 16.9 Å². The molecule has 4 rings (SSSR count). The lowest BCUT2D eigenvalue weighted by Gasteiger charge is -2.09. The van der Waals surface area contributed by atoms with Gasteiger partial charge in [-0.15, -0.1) is 0 Å². The van der Waals surface area contributed by atoms with Gasteiger partial charge in [-0.2, -0.15) is 5.10 Å². The summed E-state index contributed by atoms with van der Waals surface area (Å²) in [5, 5.41) is 8.14. The number of benzene rings is 1. The second-order valence-corrected chi connectivity index (χ2v) is 8.73. The number of carbonyl (C=O) groups is 1. The van der Waals surface area contributed by atoms with Gasteiger partial charge in [0.2, 0.25) is 0 Å². The number of carbonyl (C=O) groups excluding carboxylic acids is 1. The van der Waals surface area contributed by atoms with E-state index in [4.69, 9.17) is 11.6 Å². The van der Waals surface area contributed by atoms with Crippen LogP contribution in [-0.2, 0) is 6.54 Å². The van der Waals surface area contributed by atoms with E-state index in [2.05, 4.69) is 30.3 Å². The molecule has 0 saturated carbocycles. The van der Waals surface area contributed by atoms with Crippen molar-refractivity contribution in [2.24, 2.45) is 0 Å². The standard InChI is InChI=1S/C22H25ClFN7O/c1-12(2)27-22(32)14-10-25-21-19(14)28-16(11-26-21)20-18-15(24)8-13(23)9-17(18)31(29-20)7-5-6-30(3)4/h8-12H,5-7H2,1-4H3,(H,25,26)(H,27,32). The highest BCUT2D eigenvalue weighted by molar-refractivity contribution is 6.31. The zero-order chi connectivity index (χ0) is 23.0. The third-order valence-electron chi connectivity index (χ3n) is 5.03. The average molecular weight is 458 g/mol. The van der Waals surface area contributed by atoms with Crippen LogP contribution in [-0.4, -0.2) is 62.2 Å². The quantitative estimate of drug-likeness (QED) is 0.439. The minimum Gasteiger partial charge on any atom is -0.350 e. The molecule has 1 amide bonds. The normalized spacial score (nSPS) is 11.9. The summed E-state index contributed by atoms with van der Waals surface area (Å²) >= 11 is 6.13. The number of nitrogens with one attached hydrogen (secondary N) is 2. The molecule has 0 bridgehead atoms. The van der Waals surface area contributed by atoms with E-state index in [-0.39, 0.29) is 11.9 Å². The van der Waals surface area contributed by atoms with Crippen LogP contribution in [0.15, 0.2) is 24.5 Å². The lowest BCUT2D eigenvalue weighted by molar-refractivity contribution is 0.0944. The summed E-state index contributed by atoms with van der Waals surface area (Å²) < 4.78 is 16.7. The monoisotopic (exact) mass is 457 g/mol. The molecule has 168 valence electrons. The molecule has 1 aromatic carbocycles. The topological polar surface area (TPSA) is 91.7 Å². The molecule has 0 saturated heterocycles. The van der Waals surface area contributed by atoms with Crippen molar-refractivity contribution in [1.82, 2.24) is 34.9 Å². The second kappa shape index (κ2) is 8.84. The van der Waals surface area contributed by atoms with Crippen LogP contribution in [0.3, 0.4) is 0 Å². The molecule has 0 atom stereocenters. The maximum absolute atomic E-state index is 15.0. The Balaban J connectivity index is 1.83. The van der Waals surface area contributed by atoms with Crippen molar-refractivity contribution in [1.29, 1.82) is 0 Å². The largest absolute Gasteiger partial charge is 0.350 e. The third kappa shape index (κ3) is 4.31. The minimum atomic E-state index is -0.477. The summed E-state index contributed by atoms with van der Waals surface area (Å²) in [6.07, 6.45) is 3.94. The Bertz CT molecular complexity index is 1290. The first-order chi connectivity index (χ1) is 15.2. The van der Waals surface area contributed by atoms with Crippen molar-refractivity contribution in [2.75, 3.05) is 20.6 Å². The fourth-order valence-corrected chi connectivity index (χ4v) is 3.83. The number of aryl methyl sites for hydroxylation is 1. The highest BCUT2D eigenvalue weighted by Crippen LogP contribution is 2.32. The van der Waals surface area contributed by atoms with Gasteiger partial charge < -0.3 is 15.2 Å². The van der Waals surface area contributed by atoms with E-state index in [1.807, 2.05) is 27.9 Å². The molecule has 4 aromatic rings. The molecule has 10 heteroatoms. The number of H-pyrrole nitrogens is 1. The number of aromatic amines is 1. The molecule has 0 aliphatic carbocycles. The lowest BCUT2D eigenvalue weighted by Crippen LogP contribution is -2.29. The Morgan fingerprint density at radius 2 is 2.12 bits per heavy atom. The van der Waals surface area contributed by atoms with Gasteiger partial charge in [0.15, 0.2) is 5.65 Å². The van der Waals surface area contributed by atoms with E-state index in [9.17, 15) is 9.18 Å². The molecule has 0 aliphatic heterocycles. The Labute approximate surface area is 189 Å². The highest BCUT2D eigenvalue weighted by atomic mass is 35.5. The lowest BCUT2D eigenvalue weighted by atomic mass is 10.1. The van der Waals surface area contributed by atoms with E-state index < -0.39 is 5.82 Å². The van der Waals surface area contributed by atoms with Crippen molar-refractivity contribution in [3.05, 3.63) is 40.9 Å². The molecule has 0 unspecified atom stereocenters. The van der Waals surface area contributed by atoms with Gasteiger partial charge in [0.1, 0.15) is 22.7 Å². The first kappa shape index (κ1) is 22.2. The summed E-state index contributed by atoms with van der Waals surface area (Å²) in [7, 11) is 4.00. The van der Waals surface area contributed by atoms with Crippen molar-refractivity contribution in [3.8, 4) is 11.4 Å². The van der Waals surface area contributed by atoms with Gasteiger partial charge in [0.25, 0.3) is 5.91 Å². The molecule has 3 heterocycles. The first-order valence-electron chi connectivity index (χ1n) is 10.4. The van der Waals surface area contributed by atoms with Crippen LogP contribution < -0.4 is 5.32 Å². The van der Waals surface area contributed by atoms with Gasteiger partial charge in [-0.05, 0) is 53.0 Å². The molecule has 8 nitrogen and oxygen atoms in total. The molecule has 0 fully saturated rings. The molecular weight excluding hydrogens is 433 g/mol. The molecular formula is C22H25ClFN7O.